The van der Waals surface area contributed by atoms with Crippen LogP contribution in [-0.2, 0) is 4.74 Å². The Labute approximate surface area is 149 Å². The molecule has 6 heteroatoms. The van der Waals surface area contributed by atoms with E-state index in [1.807, 2.05) is 25.1 Å². The van der Waals surface area contributed by atoms with Crippen LogP contribution >= 0.6 is 0 Å². The van der Waals surface area contributed by atoms with E-state index in [0.717, 1.165) is 23.1 Å². The number of nitrogens with one attached hydrogen (secondary N) is 1. The Morgan fingerprint density at radius 2 is 2.20 bits per heavy atom. The molecule has 1 atom stereocenters. The SMILES string of the molecule is [B]c1ccc2ncc(C(=O)OCC)c(NC3CN4CCC3CC4)c2c1. The van der Waals surface area contributed by atoms with Crippen molar-refractivity contribution in [1.29, 1.82) is 0 Å². The maximum Gasteiger partial charge on any atom is 0.341 e. The number of carbonyl (C=O) groups excluding carboxylic acids is 1. The molecule has 3 aliphatic heterocycles. The molecule has 0 amide bonds. The lowest BCUT2D eigenvalue weighted by Gasteiger charge is -2.45. The van der Waals surface area contributed by atoms with Crippen LogP contribution in [0.1, 0.15) is 30.1 Å². The molecule has 3 aliphatic rings. The van der Waals surface area contributed by atoms with Gasteiger partial charge < -0.3 is 15.0 Å². The fraction of sp³-hybridized carbons (Fsp3) is 0.474. The largest absolute Gasteiger partial charge is 0.462 e. The van der Waals surface area contributed by atoms with E-state index in [0.29, 0.717) is 29.6 Å². The van der Waals surface area contributed by atoms with E-state index >= 15 is 0 Å². The number of benzene rings is 1. The van der Waals surface area contributed by atoms with Gasteiger partial charge in [-0.15, -0.1) is 0 Å². The van der Waals surface area contributed by atoms with Gasteiger partial charge in [0.1, 0.15) is 13.4 Å². The zero-order chi connectivity index (χ0) is 17.4. The zero-order valence-electron chi connectivity index (χ0n) is 14.5. The number of esters is 1. The maximum absolute atomic E-state index is 12.5. The summed E-state index contributed by atoms with van der Waals surface area (Å²) in [7, 11) is 5.99. The van der Waals surface area contributed by atoms with Crippen LogP contribution in [0.4, 0.5) is 5.69 Å². The highest BCUT2D eigenvalue weighted by atomic mass is 16.5. The van der Waals surface area contributed by atoms with Gasteiger partial charge in [0, 0.05) is 24.2 Å². The van der Waals surface area contributed by atoms with Gasteiger partial charge in [0.15, 0.2) is 0 Å². The Morgan fingerprint density at radius 1 is 1.40 bits per heavy atom. The fourth-order valence-corrected chi connectivity index (χ4v) is 4.04. The van der Waals surface area contributed by atoms with Crippen LogP contribution in [0.3, 0.4) is 0 Å². The molecular weight excluding hydrogens is 313 g/mol. The first kappa shape index (κ1) is 16.4. The van der Waals surface area contributed by atoms with E-state index in [1.165, 1.54) is 25.9 Å². The van der Waals surface area contributed by atoms with Crippen molar-refractivity contribution < 1.29 is 9.53 Å². The van der Waals surface area contributed by atoms with Crippen molar-refractivity contribution in [2.24, 2.45) is 5.92 Å². The number of fused-ring (bicyclic) bond motifs is 4. The molecule has 2 radical (unpaired) electrons. The second kappa shape index (κ2) is 6.67. The van der Waals surface area contributed by atoms with Crippen LogP contribution in [0.2, 0.25) is 0 Å². The van der Waals surface area contributed by atoms with Gasteiger partial charge in [-0.1, -0.05) is 17.6 Å². The van der Waals surface area contributed by atoms with Gasteiger partial charge in [0.2, 0.25) is 0 Å². The number of carbonyl (C=O) groups is 1. The molecule has 3 fully saturated rings. The average molecular weight is 335 g/mol. The number of rotatable bonds is 4. The van der Waals surface area contributed by atoms with Crippen LogP contribution in [-0.4, -0.2) is 56.0 Å². The summed E-state index contributed by atoms with van der Waals surface area (Å²) in [5.74, 6) is 0.299. The van der Waals surface area contributed by atoms with Gasteiger partial charge >= 0.3 is 5.97 Å². The van der Waals surface area contributed by atoms with Crippen molar-refractivity contribution in [3.8, 4) is 0 Å². The number of hydrogen-bond acceptors (Lipinski definition) is 5. The average Bonchev–Trinajstić information content (AvgIpc) is 2.63. The minimum atomic E-state index is -0.344. The molecule has 1 aromatic heterocycles. The molecule has 4 heterocycles. The van der Waals surface area contributed by atoms with Crippen molar-refractivity contribution >= 4 is 35.9 Å². The molecule has 5 nitrogen and oxygen atoms in total. The summed E-state index contributed by atoms with van der Waals surface area (Å²) in [5, 5.41) is 4.53. The first-order valence-corrected chi connectivity index (χ1v) is 9.00. The van der Waals surface area contributed by atoms with E-state index in [-0.39, 0.29) is 5.97 Å². The third kappa shape index (κ3) is 3.11. The maximum atomic E-state index is 12.5. The van der Waals surface area contributed by atoms with Crippen molar-refractivity contribution in [3.63, 3.8) is 0 Å². The lowest BCUT2D eigenvalue weighted by Crippen LogP contribution is -2.53. The van der Waals surface area contributed by atoms with Gasteiger partial charge in [0.25, 0.3) is 0 Å². The summed E-state index contributed by atoms with van der Waals surface area (Å²) in [5.41, 5.74) is 2.77. The van der Waals surface area contributed by atoms with E-state index in [9.17, 15) is 4.79 Å². The molecule has 0 spiro atoms. The third-order valence-electron chi connectivity index (χ3n) is 5.37. The summed E-state index contributed by atoms with van der Waals surface area (Å²) in [6.45, 7) is 5.52. The lowest BCUT2D eigenvalue weighted by molar-refractivity contribution is 0.0526. The van der Waals surface area contributed by atoms with E-state index in [2.05, 4.69) is 15.2 Å². The number of aromatic nitrogens is 1. The molecule has 25 heavy (non-hydrogen) atoms. The van der Waals surface area contributed by atoms with Gasteiger partial charge in [0.05, 0.1) is 17.8 Å². The number of anilines is 1. The van der Waals surface area contributed by atoms with Gasteiger partial charge in [-0.3, -0.25) is 4.98 Å². The molecule has 2 bridgehead atoms. The Morgan fingerprint density at radius 3 is 2.88 bits per heavy atom. The molecule has 3 saturated heterocycles. The smallest absolute Gasteiger partial charge is 0.341 e. The van der Waals surface area contributed by atoms with Crippen LogP contribution in [0.5, 0.6) is 0 Å². The number of nitrogens with zero attached hydrogens (tertiary/aromatic N) is 2. The Balaban J connectivity index is 1.76. The van der Waals surface area contributed by atoms with Crippen molar-refractivity contribution in [2.45, 2.75) is 25.8 Å². The molecule has 1 N–H and O–H groups in total. The minimum Gasteiger partial charge on any atom is -0.462 e. The van der Waals surface area contributed by atoms with E-state index < -0.39 is 0 Å². The molecule has 128 valence electrons. The molecule has 0 saturated carbocycles. The summed E-state index contributed by atoms with van der Waals surface area (Å²) < 4.78 is 5.24. The summed E-state index contributed by atoms with van der Waals surface area (Å²) >= 11 is 0. The van der Waals surface area contributed by atoms with Gasteiger partial charge in [-0.2, -0.15) is 0 Å². The highest BCUT2D eigenvalue weighted by Gasteiger charge is 2.35. The fourth-order valence-electron chi connectivity index (χ4n) is 4.04. The molecule has 1 aromatic carbocycles. The quantitative estimate of drug-likeness (QED) is 0.681. The lowest BCUT2D eigenvalue weighted by atomic mass is 9.83. The zero-order valence-corrected chi connectivity index (χ0v) is 14.5. The molecule has 2 aromatic rings. The molecule has 1 unspecified atom stereocenters. The monoisotopic (exact) mass is 335 g/mol. The summed E-state index contributed by atoms with van der Waals surface area (Å²) in [4.78, 5) is 19.4. The first-order valence-electron chi connectivity index (χ1n) is 9.00. The van der Waals surface area contributed by atoms with E-state index in [4.69, 9.17) is 12.6 Å². The molecular formula is C19H22BN3O2. The normalized spacial score (nSPS) is 25.1. The third-order valence-corrected chi connectivity index (χ3v) is 5.37. The number of pyridine rings is 1. The topological polar surface area (TPSA) is 54.5 Å². The number of ether oxygens (including phenoxy) is 1. The van der Waals surface area contributed by atoms with Crippen LogP contribution < -0.4 is 10.8 Å². The standard InChI is InChI=1S/C19H22BN3O2/c1-2-25-19(24)15-10-21-16-4-3-13(20)9-14(16)18(15)22-17-11-23-7-5-12(17)6-8-23/h3-4,9-10,12,17H,2,5-8,11H2,1H3,(H,21,22). The Bertz CT molecular complexity index is 803. The highest BCUT2D eigenvalue weighted by Crippen LogP contribution is 2.33. The second-order valence-corrected chi connectivity index (χ2v) is 6.93. The van der Waals surface area contributed by atoms with Crippen molar-refractivity contribution in [3.05, 3.63) is 30.0 Å². The first-order chi connectivity index (χ1) is 12.2. The number of piperidine rings is 3. The van der Waals surface area contributed by atoms with Crippen LogP contribution in [0.25, 0.3) is 10.9 Å². The van der Waals surface area contributed by atoms with Crippen LogP contribution in [0, 0.1) is 5.92 Å². The van der Waals surface area contributed by atoms with Gasteiger partial charge in [-0.05, 0) is 44.8 Å². The molecule has 5 rings (SSSR count). The summed E-state index contributed by atoms with van der Waals surface area (Å²) in [6.07, 6.45) is 4.02. The predicted octanol–water partition coefficient (Wildman–Crippen LogP) is 1.71. The molecule has 0 aliphatic carbocycles. The predicted molar refractivity (Wildman–Crippen MR) is 99.7 cm³/mol. The highest BCUT2D eigenvalue weighted by molar-refractivity contribution is 6.33. The minimum absolute atomic E-state index is 0.336. The Hall–Kier alpha value is -2.08. The van der Waals surface area contributed by atoms with Gasteiger partial charge in [-0.25, -0.2) is 4.79 Å². The van der Waals surface area contributed by atoms with Crippen LogP contribution in [0.15, 0.2) is 24.4 Å². The van der Waals surface area contributed by atoms with E-state index in [1.54, 1.807) is 6.20 Å². The number of hydrogen-bond donors (Lipinski definition) is 1. The van der Waals surface area contributed by atoms with Crippen molar-refractivity contribution in [2.75, 3.05) is 31.6 Å². The second-order valence-electron chi connectivity index (χ2n) is 6.93. The van der Waals surface area contributed by atoms with Crippen molar-refractivity contribution in [1.82, 2.24) is 9.88 Å². The summed E-state index contributed by atoms with van der Waals surface area (Å²) in [6, 6.07) is 5.94. The Kier molecular flexibility index (Phi) is 4.38.